The van der Waals surface area contributed by atoms with Crippen LogP contribution in [-0.4, -0.2) is 69.7 Å². The molecule has 0 radical (unpaired) electrons. The van der Waals surface area contributed by atoms with Crippen molar-refractivity contribution >= 4 is 25.0 Å². The third-order valence-corrected chi connectivity index (χ3v) is 5.59. The summed E-state index contributed by atoms with van der Waals surface area (Å²) in [5.41, 5.74) is -1.35. The van der Waals surface area contributed by atoms with Gasteiger partial charge in [0, 0.05) is 6.20 Å². The highest BCUT2D eigenvalue weighted by Crippen LogP contribution is 2.39. The number of allylic oxidation sites excluding steroid dienone is 1. The lowest BCUT2D eigenvalue weighted by Gasteiger charge is -2.19. The van der Waals surface area contributed by atoms with Crippen LogP contribution < -0.4 is 11.2 Å². The Morgan fingerprint density at radius 1 is 1.38 bits per heavy atom. The minimum atomic E-state index is -1.33. The van der Waals surface area contributed by atoms with E-state index in [9.17, 15) is 24.6 Å². The highest BCUT2D eigenvalue weighted by Gasteiger charge is 2.43. The van der Waals surface area contributed by atoms with Gasteiger partial charge in [0.15, 0.2) is 12.0 Å². The first kappa shape index (κ1) is 20.6. The maximum atomic E-state index is 12.1. The number of aromatic amines is 1. The number of carbonyl (C=O) groups is 1. The predicted molar refractivity (Wildman–Crippen MR) is 102 cm³/mol. The molecule has 1 aromatic rings. The van der Waals surface area contributed by atoms with Gasteiger partial charge in [0.05, 0.1) is 11.7 Å². The smallest absolute Gasteiger partial charge is 0.330 e. The van der Waals surface area contributed by atoms with Crippen molar-refractivity contribution in [2.45, 2.75) is 37.9 Å². The highest BCUT2D eigenvalue weighted by molar-refractivity contribution is 7.72. The van der Waals surface area contributed by atoms with Crippen molar-refractivity contribution in [2.75, 3.05) is 19.5 Å². The molecular formula is C17H25N2O6P. The number of H-pyrrole nitrogens is 1. The SMILES string of the molecule is C=P(C)(C)CCC1O[C@@H](n2cc(/C=C/C(C)=O)c(=O)[nH]c2=O)[C@H](O)[C@@H]1O. The molecular weight excluding hydrogens is 359 g/mol. The molecule has 8 nitrogen and oxygen atoms in total. The molecule has 1 aliphatic rings. The number of nitrogens with zero attached hydrogens (tertiary/aromatic N) is 1. The topological polar surface area (TPSA) is 122 Å². The summed E-state index contributed by atoms with van der Waals surface area (Å²) < 4.78 is 6.74. The minimum absolute atomic E-state index is 0.0679. The summed E-state index contributed by atoms with van der Waals surface area (Å²) in [4.78, 5) is 37.2. The maximum absolute atomic E-state index is 12.1. The Morgan fingerprint density at radius 2 is 2.04 bits per heavy atom. The van der Waals surface area contributed by atoms with Crippen LogP contribution in [0.5, 0.6) is 0 Å². The summed E-state index contributed by atoms with van der Waals surface area (Å²) in [6.07, 6.45) is 4.83. The fourth-order valence-corrected chi connectivity index (χ4v) is 3.64. The molecule has 2 rings (SSSR count). The number of nitrogens with one attached hydrogen (secondary N) is 1. The van der Waals surface area contributed by atoms with E-state index in [2.05, 4.69) is 24.6 Å². The number of aliphatic hydroxyl groups is 2. The molecule has 0 aliphatic carbocycles. The van der Waals surface area contributed by atoms with Crippen LogP contribution in [-0.2, 0) is 9.53 Å². The van der Waals surface area contributed by atoms with E-state index >= 15 is 0 Å². The van der Waals surface area contributed by atoms with Crippen molar-refractivity contribution in [3.63, 3.8) is 0 Å². The van der Waals surface area contributed by atoms with Gasteiger partial charge in [-0.05, 0) is 45.0 Å². The van der Waals surface area contributed by atoms with Gasteiger partial charge in [-0.15, -0.1) is 13.2 Å². The molecule has 26 heavy (non-hydrogen) atoms. The quantitative estimate of drug-likeness (QED) is 0.464. The van der Waals surface area contributed by atoms with E-state index in [1.54, 1.807) is 0 Å². The fourth-order valence-electron chi connectivity index (χ4n) is 2.69. The van der Waals surface area contributed by atoms with Gasteiger partial charge in [-0.1, -0.05) is 0 Å². The summed E-state index contributed by atoms with van der Waals surface area (Å²) in [6.45, 7) is 4.12. The van der Waals surface area contributed by atoms with Gasteiger partial charge >= 0.3 is 5.69 Å². The molecule has 144 valence electrons. The number of hydrogen-bond donors (Lipinski definition) is 3. The summed E-state index contributed by atoms with van der Waals surface area (Å²) in [7, 11) is 0. The number of aromatic nitrogens is 2. The first-order valence-electron chi connectivity index (χ1n) is 8.22. The lowest BCUT2D eigenvalue weighted by Crippen LogP contribution is -2.38. The van der Waals surface area contributed by atoms with E-state index in [1.165, 1.54) is 25.3 Å². The molecule has 1 saturated heterocycles. The average Bonchev–Trinajstić information content (AvgIpc) is 2.79. The third kappa shape index (κ3) is 4.92. The second kappa shape index (κ2) is 7.88. The largest absolute Gasteiger partial charge is 0.388 e. The summed E-state index contributed by atoms with van der Waals surface area (Å²) in [6, 6.07) is 0. The van der Waals surface area contributed by atoms with Crippen LogP contribution in [0.3, 0.4) is 0 Å². The van der Waals surface area contributed by atoms with Crippen molar-refractivity contribution in [1.29, 1.82) is 0 Å². The molecule has 0 spiro atoms. The second-order valence-electron chi connectivity index (χ2n) is 7.19. The van der Waals surface area contributed by atoms with E-state index in [0.717, 1.165) is 10.7 Å². The number of hydrogen-bond acceptors (Lipinski definition) is 6. The average molecular weight is 384 g/mol. The van der Waals surface area contributed by atoms with Crippen LogP contribution in [0.1, 0.15) is 25.1 Å². The zero-order chi connectivity index (χ0) is 19.6. The maximum Gasteiger partial charge on any atom is 0.330 e. The number of ketones is 1. The van der Waals surface area contributed by atoms with Crippen LogP contribution in [0.4, 0.5) is 0 Å². The molecule has 4 atom stereocenters. The molecule has 1 aliphatic heterocycles. The molecule has 1 unspecified atom stereocenters. The van der Waals surface area contributed by atoms with Crippen LogP contribution in [0.25, 0.3) is 6.08 Å². The molecule has 2 heterocycles. The van der Waals surface area contributed by atoms with Crippen molar-refractivity contribution in [1.82, 2.24) is 9.55 Å². The summed E-state index contributed by atoms with van der Waals surface area (Å²) >= 11 is 0. The molecule has 0 bridgehead atoms. The Morgan fingerprint density at radius 3 is 2.62 bits per heavy atom. The van der Waals surface area contributed by atoms with Crippen molar-refractivity contribution < 1.29 is 19.7 Å². The first-order chi connectivity index (χ1) is 12.0. The van der Waals surface area contributed by atoms with Crippen LogP contribution in [0, 0.1) is 0 Å². The van der Waals surface area contributed by atoms with Gasteiger partial charge in [-0.25, -0.2) is 4.79 Å². The van der Waals surface area contributed by atoms with Gasteiger partial charge in [-0.2, -0.15) is 0 Å². The molecule has 1 fully saturated rings. The van der Waals surface area contributed by atoms with Gasteiger partial charge in [0.2, 0.25) is 0 Å². The Balaban J connectivity index is 2.31. The summed E-state index contributed by atoms with van der Waals surface area (Å²) in [5.74, 6) is -0.256. The standard InChI is InChI=1S/C17H25N2O6P/c1-10(20)5-6-11-9-19(17(24)18-15(11)23)16-14(22)13(21)12(25-16)7-8-26(2,3)4/h5-6,9,12-14,16,21-22H,2,7-8H2,1,3-4H3,(H,18,23,24)/b6-5+/t12?,13-,14-,16-/m1/s1. The van der Waals surface area contributed by atoms with E-state index < -0.39 is 42.7 Å². The van der Waals surface area contributed by atoms with Crippen LogP contribution in [0.2, 0.25) is 0 Å². The lowest BCUT2D eigenvalue weighted by atomic mass is 10.1. The first-order valence-corrected chi connectivity index (χ1v) is 11.3. The summed E-state index contributed by atoms with van der Waals surface area (Å²) in [5, 5.41) is 20.6. The van der Waals surface area contributed by atoms with E-state index in [4.69, 9.17) is 4.74 Å². The molecule has 0 aromatic carbocycles. The Kier molecular flexibility index (Phi) is 6.24. The molecule has 0 saturated carbocycles. The van der Waals surface area contributed by atoms with Gasteiger partial charge < -0.3 is 14.9 Å². The highest BCUT2D eigenvalue weighted by atomic mass is 31.2. The number of carbonyl (C=O) groups excluding carboxylic acids is 1. The van der Waals surface area contributed by atoms with Crippen LogP contribution in [0.15, 0.2) is 21.9 Å². The van der Waals surface area contributed by atoms with E-state index in [-0.39, 0.29) is 11.3 Å². The van der Waals surface area contributed by atoms with Crippen molar-refractivity contribution in [3.8, 4) is 0 Å². The lowest BCUT2D eigenvalue weighted by molar-refractivity contribution is -0.112. The van der Waals surface area contributed by atoms with Gasteiger partial charge in [-0.3, -0.25) is 19.1 Å². The monoisotopic (exact) mass is 384 g/mol. The van der Waals surface area contributed by atoms with E-state index in [0.29, 0.717) is 6.42 Å². The van der Waals surface area contributed by atoms with Gasteiger partial charge in [0.1, 0.15) is 12.2 Å². The molecule has 0 amide bonds. The van der Waals surface area contributed by atoms with Crippen LogP contribution >= 0.6 is 6.89 Å². The number of rotatable bonds is 6. The minimum Gasteiger partial charge on any atom is -0.388 e. The number of ether oxygens (including phenoxy) is 1. The Hall–Kier alpha value is -1.73. The van der Waals surface area contributed by atoms with Gasteiger partial charge in [0.25, 0.3) is 5.56 Å². The molecule has 1 aromatic heterocycles. The zero-order valence-corrected chi connectivity index (χ0v) is 16.0. The van der Waals surface area contributed by atoms with E-state index in [1.807, 2.05) is 0 Å². The van der Waals surface area contributed by atoms with Crippen molar-refractivity contribution in [2.24, 2.45) is 0 Å². The number of aliphatic hydroxyl groups excluding tert-OH is 2. The normalized spacial score (nSPS) is 26.5. The Bertz CT molecular complexity index is 865. The zero-order valence-electron chi connectivity index (χ0n) is 15.1. The molecule has 9 heteroatoms. The Labute approximate surface area is 151 Å². The fraction of sp³-hybridized carbons (Fsp3) is 0.529. The third-order valence-electron chi connectivity index (χ3n) is 4.12. The molecule has 3 N–H and O–H groups in total. The second-order valence-corrected chi connectivity index (χ2v) is 11.5. The van der Waals surface area contributed by atoms with Crippen molar-refractivity contribution in [3.05, 3.63) is 38.7 Å². The predicted octanol–water partition coefficient (Wildman–Crippen LogP) is -0.143.